The molecular formula is C25H27FO5. The topological polar surface area (TPSA) is 54.0 Å². The highest BCUT2D eigenvalue weighted by molar-refractivity contribution is 6.08. The predicted molar refractivity (Wildman–Crippen MR) is 115 cm³/mol. The Kier molecular flexibility index (Phi) is 7.33. The van der Waals surface area contributed by atoms with Crippen molar-refractivity contribution in [3.05, 3.63) is 65.5 Å². The minimum absolute atomic E-state index is 0.302. The Bertz CT molecular complexity index is 914. The number of allylic oxidation sites excluding steroid dienone is 1. The van der Waals surface area contributed by atoms with Crippen LogP contribution in [0.25, 0.3) is 6.08 Å². The summed E-state index contributed by atoms with van der Waals surface area (Å²) in [6, 6.07) is 11.5. The minimum Gasteiger partial charge on any atom is -0.465 e. The van der Waals surface area contributed by atoms with Gasteiger partial charge in [0.1, 0.15) is 17.3 Å². The van der Waals surface area contributed by atoms with Gasteiger partial charge in [-0.3, -0.25) is 4.79 Å². The zero-order chi connectivity index (χ0) is 21.5. The van der Waals surface area contributed by atoms with Gasteiger partial charge in [0.05, 0.1) is 18.8 Å². The van der Waals surface area contributed by atoms with Crippen LogP contribution in [0.5, 0.6) is 11.5 Å². The van der Waals surface area contributed by atoms with Crippen molar-refractivity contribution in [1.29, 1.82) is 0 Å². The van der Waals surface area contributed by atoms with Gasteiger partial charge in [-0.1, -0.05) is 18.2 Å². The van der Waals surface area contributed by atoms with Crippen molar-refractivity contribution in [2.45, 2.75) is 51.1 Å². The SMILES string of the molecule is O=C(/C=C/c1ccccc1F)c1cc(OC2CCCCO2)ccc1OC1CCCCO1. The van der Waals surface area contributed by atoms with Crippen molar-refractivity contribution in [2.75, 3.05) is 13.2 Å². The molecule has 0 spiro atoms. The maximum absolute atomic E-state index is 13.9. The van der Waals surface area contributed by atoms with Gasteiger partial charge < -0.3 is 18.9 Å². The minimum atomic E-state index is -0.385. The van der Waals surface area contributed by atoms with Crippen molar-refractivity contribution in [3.8, 4) is 11.5 Å². The number of rotatable bonds is 7. The molecular weight excluding hydrogens is 399 g/mol. The average Bonchev–Trinajstić information content (AvgIpc) is 2.81. The molecule has 5 nitrogen and oxygen atoms in total. The summed E-state index contributed by atoms with van der Waals surface area (Å²) in [6.07, 6.45) is 7.79. The van der Waals surface area contributed by atoms with Crippen molar-refractivity contribution in [3.63, 3.8) is 0 Å². The second-order valence-corrected chi connectivity index (χ2v) is 7.71. The summed E-state index contributed by atoms with van der Waals surface area (Å²) < 4.78 is 37.1. The van der Waals surface area contributed by atoms with E-state index < -0.39 is 0 Å². The molecule has 2 aliphatic heterocycles. The van der Waals surface area contributed by atoms with Gasteiger partial charge in [0.25, 0.3) is 0 Å². The van der Waals surface area contributed by atoms with Gasteiger partial charge >= 0.3 is 0 Å². The first-order valence-corrected chi connectivity index (χ1v) is 10.9. The molecule has 0 N–H and O–H groups in total. The standard InChI is InChI=1S/C25H27FO5/c26-21-8-2-1-7-18(21)11-13-22(27)20-17-19(30-24-9-3-5-15-28-24)12-14-23(20)31-25-10-4-6-16-29-25/h1-2,7-8,11-14,17,24-25H,3-6,9-10,15-16H2/b13-11+. The molecule has 0 amide bonds. The van der Waals surface area contributed by atoms with E-state index in [0.717, 1.165) is 38.5 Å². The Balaban J connectivity index is 1.56. The van der Waals surface area contributed by atoms with Crippen LogP contribution in [0, 0.1) is 5.82 Å². The number of carbonyl (C=O) groups excluding carboxylic acids is 1. The number of halogens is 1. The monoisotopic (exact) mass is 426 g/mol. The highest BCUT2D eigenvalue weighted by Gasteiger charge is 2.21. The molecule has 2 atom stereocenters. The first-order chi connectivity index (χ1) is 15.2. The zero-order valence-corrected chi connectivity index (χ0v) is 17.4. The van der Waals surface area contributed by atoms with E-state index in [1.165, 1.54) is 18.2 Å². The van der Waals surface area contributed by atoms with Crippen molar-refractivity contribution >= 4 is 11.9 Å². The molecule has 2 aromatic rings. The van der Waals surface area contributed by atoms with Crippen molar-refractivity contribution < 1.29 is 28.1 Å². The van der Waals surface area contributed by atoms with E-state index >= 15 is 0 Å². The number of ether oxygens (including phenoxy) is 4. The predicted octanol–water partition coefficient (Wildman–Crippen LogP) is 5.53. The van der Waals surface area contributed by atoms with E-state index in [-0.39, 0.29) is 24.2 Å². The van der Waals surface area contributed by atoms with E-state index in [1.54, 1.807) is 36.4 Å². The Hall–Kier alpha value is -2.70. The molecule has 6 heteroatoms. The Labute approximate surface area is 181 Å². The lowest BCUT2D eigenvalue weighted by Gasteiger charge is -2.25. The van der Waals surface area contributed by atoms with Crippen LogP contribution in [0.1, 0.15) is 54.4 Å². The Morgan fingerprint density at radius 1 is 0.935 bits per heavy atom. The van der Waals surface area contributed by atoms with Gasteiger partial charge in [-0.15, -0.1) is 0 Å². The van der Waals surface area contributed by atoms with E-state index in [1.807, 2.05) is 0 Å². The van der Waals surface area contributed by atoms with Gasteiger partial charge in [-0.2, -0.15) is 0 Å². The van der Waals surface area contributed by atoms with Gasteiger partial charge in [0, 0.05) is 18.4 Å². The van der Waals surface area contributed by atoms with Crippen LogP contribution in [-0.2, 0) is 9.47 Å². The summed E-state index contributed by atoms with van der Waals surface area (Å²) >= 11 is 0. The number of ketones is 1. The number of hydrogen-bond donors (Lipinski definition) is 0. The highest BCUT2D eigenvalue weighted by atomic mass is 19.1. The van der Waals surface area contributed by atoms with Crippen molar-refractivity contribution in [1.82, 2.24) is 0 Å². The summed E-state index contributed by atoms with van der Waals surface area (Å²) in [5, 5.41) is 0. The molecule has 2 aliphatic rings. The molecule has 0 radical (unpaired) electrons. The van der Waals surface area contributed by atoms with Crippen molar-refractivity contribution in [2.24, 2.45) is 0 Å². The van der Waals surface area contributed by atoms with Gasteiger partial charge in [-0.05, 0) is 62.1 Å². The Morgan fingerprint density at radius 2 is 1.65 bits per heavy atom. The molecule has 2 fully saturated rings. The molecule has 2 aromatic carbocycles. The summed E-state index contributed by atoms with van der Waals surface area (Å²) in [4.78, 5) is 13.0. The van der Waals surface area contributed by atoms with Crippen LogP contribution < -0.4 is 9.47 Å². The molecule has 0 saturated carbocycles. The van der Waals surface area contributed by atoms with Gasteiger partial charge in [-0.25, -0.2) is 4.39 Å². The summed E-state index contributed by atoms with van der Waals surface area (Å²) in [5.74, 6) is 0.271. The third kappa shape index (κ3) is 5.93. The van der Waals surface area contributed by atoms with Gasteiger partial charge in [0.15, 0.2) is 18.4 Å². The van der Waals surface area contributed by atoms with Gasteiger partial charge in [0.2, 0.25) is 0 Å². The van der Waals surface area contributed by atoms with Crippen LogP contribution in [0.15, 0.2) is 48.5 Å². The molecule has 4 rings (SSSR count). The number of carbonyl (C=O) groups is 1. The third-order valence-corrected chi connectivity index (χ3v) is 5.34. The van der Waals surface area contributed by atoms with Crippen LogP contribution in [0.2, 0.25) is 0 Å². The molecule has 2 unspecified atom stereocenters. The number of hydrogen-bond acceptors (Lipinski definition) is 5. The lowest BCUT2D eigenvalue weighted by atomic mass is 10.1. The molecule has 31 heavy (non-hydrogen) atoms. The Morgan fingerprint density at radius 3 is 2.32 bits per heavy atom. The van der Waals surface area contributed by atoms with Crippen LogP contribution in [0.4, 0.5) is 4.39 Å². The smallest absolute Gasteiger partial charge is 0.199 e. The molecule has 0 aromatic heterocycles. The van der Waals surface area contributed by atoms with E-state index in [2.05, 4.69) is 0 Å². The normalized spacial score (nSPS) is 21.7. The van der Waals surface area contributed by atoms with Crippen LogP contribution in [-0.4, -0.2) is 31.6 Å². The molecule has 2 saturated heterocycles. The maximum Gasteiger partial charge on any atom is 0.199 e. The van der Waals surface area contributed by atoms with Crippen LogP contribution >= 0.6 is 0 Å². The van der Waals surface area contributed by atoms with E-state index in [4.69, 9.17) is 18.9 Å². The summed E-state index contributed by atoms with van der Waals surface area (Å²) in [7, 11) is 0. The fourth-order valence-electron chi connectivity index (χ4n) is 3.64. The molecule has 0 bridgehead atoms. The second-order valence-electron chi connectivity index (χ2n) is 7.71. The second kappa shape index (κ2) is 10.6. The largest absolute Gasteiger partial charge is 0.465 e. The zero-order valence-electron chi connectivity index (χ0n) is 17.4. The maximum atomic E-state index is 13.9. The number of benzene rings is 2. The first-order valence-electron chi connectivity index (χ1n) is 10.9. The summed E-state index contributed by atoms with van der Waals surface area (Å²) in [5.41, 5.74) is 0.687. The van der Waals surface area contributed by atoms with E-state index in [0.29, 0.717) is 35.8 Å². The molecule has 0 aliphatic carbocycles. The van der Waals surface area contributed by atoms with E-state index in [9.17, 15) is 9.18 Å². The molecule has 2 heterocycles. The van der Waals surface area contributed by atoms with Crippen LogP contribution in [0.3, 0.4) is 0 Å². The lowest BCUT2D eigenvalue weighted by molar-refractivity contribution is -0.107. The fourth-order valence-corrected chi connectivity index (χ4v) is 3.64. The lowest BCUT2D eigenvalue weighted by Crippen LogP contribution is -2.26. The quantitative estimate of drug-likeness (QED) is 0.430. The highest BCUT2D eigenvalue weighted by Crippen LogP contribution is 2.30. The molecule has 164 valence electrons. The average molecular weight is 426 g/mol. The summed E-state index contributed by atoms with van der Waals surface area (Å²) in [6.45, 7) is 1.31. The first kappa shape index (κ1) is 21.5. The third-order valence-electron chi connectivity index (χ3n) is 5.34. The fraction of sp³-hybridized carbons (Fsp3) is 0.400.